The van der Waals surface area contributed by atoms with Gasteiger partial charge in [-0.1, -0.05) is 48.0 Å². The Morgan fingerprint density at radius 2 is 2.16 bits per heavy atom. The fourth-order valence-corrected chi connectivity index (χ4v) is 4.96. The number of hydrogen-bond donors (Lipinski definition) is 1. The van der Waals surface area contributed by atoms with Crippen LogP contribution >= 0.6 is 23.4 Å². The third kappa shape index (κ3) is 2.49. The molecule has 0 spiro atoms. The van der Waals surface area contributed by atoms with Crippen molar-refractivity contribution in [2.75, 3.05) is 0 Å². The van der Waals surface area contributed by atoms with E-state index in [1.807, 2.05) is 36.9 Å². The summed E-state index contributed by atoms with van der Waals surface area (Å²) >= 11 is 8.15. The van der Waals surface area contributed by atoms with Gasteiger partial charge in [0.15, 0.2) is 0 Å². The minimum atomic E-state index is -0.697. The lowest BCUT2D eigenvalue weighted by Gasteiger charge is -2.42. The summed E-state index contributed by atoms with van der Waals surface area (Å²) < 4.78 is 0. The first-order valence-electron chi connectivity index (χ1n) is 6.58. The molecular weight excluding hydrogens is 276 g/mol. The maximum absolute atomic E-state index is 10.7. The summed E-state index contributed by atoms with van der Waals surface area (Å²) in [6, 6.07) is 7.95. The summed E-state index contributed by atoms with van der Waals surface area (Å²) in [5.74, 6) is 0.144. The van der Waals surface area contributed by atoms with Gasteiger partial charge in [-0.25, -0.2) is 0 Å². The van der Waals surface area contributed by atoms with Crippen molar-refractivity contribution in [2.45, 2.75) is 30.6 Å². The van der Waals surface area contributed by atoms with Crippen LogP contribution in [0.2, 0.25) is 5.02 Å². The highest BCUT2D eigenvalue weighted by atomic mass is 35.5. The van der Waals surface area contributed by atoms with E-state index < -0.39 is 5.60 Å². The zero-order valence-corrected chi connectivity index (χ0v) is 12.4. The Bertz CT molecular complexity index is 547. The summed E-state index contributed by atoms with van der Waals surface area (Å²) in [6.07, 6.45) is 8.20. The van der Waals surface area contributed by atoms with E-state index in [4.69, 9.17) is 11.6 Å². The van der Waals surface area contributed by atoms with Crippen LogP contribution in [0.3, 0.4) is 0 Å². The fraction of sp³-hybridized carbons (Fsp3) is 0.375. The molecule has 1 saturated heterocycles. The van der Waals surface area contributed by atoms with E-state index in [1.54, 1.807) is 0 Å². The molecule has 0 aromatic heterocycles. The molecule has 3 rings (SSSR count). The molecule has 0 radical (unpaired) electrons. The smallest absolute Gasteiger partial charge is 0.0741 e. The van der Waals surface area contributed by atoms with Crippen molar-refractivity contribution >= 4 is 23.4 Å². The van der Waals surface area contributed by atoms with E-state index in [0.29, 0.717) is 0 Å². The summed E-state index contributed by atoms with van der Waals surface area (Å²) in [6.45, 7) is 1.94. The van der Waals surface area contributed by atoms with E-state index in [1.165, 1.54) is 4.91 Å². The molecule has 100 valence electrons. The van der Waals surface area contributed by atoms with Gasteiger partial charge < -0.3 is 5.11 Å². The van der Waals surface area contributed by atoms with Crippen LogP contribution in [0.25, 0.3) is 0 Å². The second kappa shape index (κ2) is 5.01. The minimum Gasteiger partial charge on any atom is -0.389 e. The van der Waals surface area contributed by atoms with Crippen molar-refractivity contribution in [1.29, 1.82) is 0 Å². The number of aliphatic hydroxyl groups is 1. The maximum atomic E-state index is 10.7. The van der Waals surface area contributed by atoms with E-state index in [9.17, 15) is 5.11 Å². The normalized spacial score (nSPS) is 33.7. The maximum Gasteiger partial charge on any atom is 0.0741 e. The first kappa shape index (κ1) is 13.3. The quantitative estimate of drug-likeness (QED) is 0.755. The lowest BCUT2D eigenvalue weighted by Crippen LogP contribution is -2.39. The minimum absolute atomic E-state index is 0.144. The molecule has 1 fully saturated rings. The Balaban J connectivity index is 1.95. The molecule has 2 aliphatic rings. The number of thioether (sulfide) groups is 1. The van der Waals surface area contributed by atoms with Gasteiger partial charge in [0.2, 0.25) is 0 Å². The molecule has 0 saturated carbocycles. The number of rotatable bonds is 1. The van der Waals surface area contributed by atoms with Crippen molar-refractivity contribution in [2.24, 2.45) is 5.92 Å². The van der Waals surface area contributed by atoms with Gasteiger partial charge in [-0.15, -0.1) is 11.8 Å². The molecule has 1 aliphatic carbocycles. The lowest BCUT2D eigenvalue weighted by molar-refractivity contribution is 0.0205. The number of hydrogen-bond acceptors (Lipinski definition) is 2. The van der Waals surface area contributed by atoms with Gasteiger partial charge in [0.25, 0.3) is 0 Å². The van der Waals surface area contributed by atoms with Crippen LogP contribution in [0.4, 0.5) is 0 Å². The van der Waals surface area contributed by atoms with Crippen LogP contribution in [0.15, 0.2) is 47.4 Å². The second-order valence-corrected chi connectivity index (χ2v) is 7.12. The molecular formula is C16H17ClOS. The first-order valence-corrected chi connectivity index (χ1v) is 7.84. The van der Waals surface area contributed by atoms with Gasteiger partial charge in [0.1, 0.15) is 0 Å². The zero-order chi connectivity index (χ0) is 13.5. The molecule has 1 aromatic rings. The van der Waals surface area contributed by atoms with Crippen molar-refractivity contribution in [1.82, 2.24) is 0 Å². The number of benzene rings is 1. The van der Waals surface area contributed by atoms with E-state index in [2.05, 4.69) is 24.3 Å². The predicted molar refractivity (Wildman–Crippen MR) is 82.4 cm³/mol. The average Bonchev–Trinajstić information content (AvgIpc) is 2.38. The molecule has 0 amide bonds. The van der Waals surface area contributed by atoms with E-state index in [0.717, 1.165) is 23.4 Å². The SMILES string of the molecule is CC1(O)CC(c2ccccc2Cl)SC2=CCC=CC21. The molecule has 0 bridgehead atoms. The third-order valence-corrected chi connectivity index (χ3v) is 5.63. The Labute approximate surface area is 123 Å². The van der Waals surface area contributed by atoms with Gasteiger partial charge >= 0.3 is 0 Å². The molecule has 3 atom stereocenters. The Morgan fingerprint density at radius 1 is 1.37 bits per heavy atom. The Kier molecular flexibility index (Phi) is 3.50. The topological polar surface area (TPSA) is 20.2 Å². The summed E-state index contributed by atoms with van der Waals surface area (Å²) in [5, 5.41) is 11.8. The van der Waals surface area contributed by atoms with Gasteiger partial charge in [0.05, 0.1) is 5.60 Å². The molecule has 3 heteroatoms. The van der Waals surface area contributed by atoms with Crippen molar-refractivity contribution in [3.63, 3.8) is 0 Å². The summed E-state index contributed by atoms with van der Waals surface area (Å²) in [4.78, 5) is 1.28. The molecule has 1 N–H and O–H groups in total. The van der Waals surface area contributed by atoms with Crippen molar-refractivity contribution in [3.05, 3.63) is 58.0 Å². The molecule has 19 heavy (non-hydrogen) atoms. The molecule has 1 aromatic carbocycles. The average molecular weight is 293 g/mol. The molecule has 3 unspecified atom stereocenters. The number of halogens is 1. The van der Waals surface area contributed by atoms with Crippen molar-refractivity contribution < 1.29 is 5.11 Å². The van der Waals surface area contributed by atoms with Gasteiger partial charge in [-0.05, 0) is 36.3 Å². The van der Waals surface area contributed by atoms with Gasteiger partial charge in [-0.3, -0.25) is 0 Å². The van der Waals surface area contributed by atoms with Crippen molar-refractivity contribution in [3.8, 4) is 0 Å². The monoisotopic (exact) mass is 292 g/mol. The zero-order valence-electron chi connectivity index (χ0n) is 10.8. The van der Waals surface area contributed by atoms with Crippen LogP contribution in [0.1, 0.15) is 30.6 Å². The highest BCUT2D eigenvalue weighted by Gasteiger charge is 2.42. The lowest BCUT2D eigenvalue weighted by atomic mass is 9.81. The van der Waals surface area contributed by atoms with E-state index in [-0.39, 0.29) is 11.2 Å². The predicted octanol–water partition coefficient (Wildman–Crippen LogP) is 4.73. The largest absolute Gasteiger partial charge is 0.389 e. The van der Waals surface area contributed by atoms with E-state index >= 15 is 0 Å². The van der Waals surface area contributed by atoms with Crippen LogP contribution in [0, 0.1) is 5.92 Å². The number of allylic oxidation sites excluding steroid dienone is 2. The second-order valence-electron chi connectivity index (χ2n) is 5.44. The van der Waals surface area contributed by atoms with Crippen LogP contribution in [0.5, 0.6) is 0 Å². The van der Waals surface area contributed by atoms with Crippen LogP contribution in [-0.4, -0.2) is 10.7 Å². The summed E-state index contributed by atoms with van der Waals surface area (Å²) in [7, 11) is 0. The Morgan fingerprint density at radius 3 is 2.95 bits per heavy atom. The standard InChI is InChI=1S/C16H17ClOS/c1-16(18)10-15(11-6-2-4-8-13(11)17)19-14-9-5-3-7-12(14)16/h2-4,6-9,12,15,18H,5,10H2,1H3. The summed E-state index contributed by atoms with van der Waals surface area (Å²) in [5.41, 5.74) is 0.432. The molecule has 1 heterocycles. The highest BCUT2D eigenvalue weighted by Crippen LogP contribution is 2.54. The third-order valence-electron chi connectivity index (χ3n) is 3.89. The molecule has 1 aliphatic heterocycles. The first-order chi connectivity index (χ1) is 9.08. The van der Waals surface area contributed by atoms with Crippen LogP contribution < -0.4 is 0 Å². The fourth-order valence-electron chi connectivity index (χ4n) is 2.87. The Hall–Kier alpha value is -0.700. The number of fused-ring (bicyclic) bond motifs is 1. The highest BCUT2D eigenvalue weighted by molar-refractivity contribution is 8.03. The molecule has 1 nitrogen and oxygen atoms in total. The van der Waals surface area contributed by atoms with Gasteiger partial charge in [-0.2, -0.15) is 0 Å². The van der Waals surface area contributed by atoms with Gasteiger partial charge in [0, 0.05) is 16.2 Å². The van der Waals surface area contributed by atoms with Crippen LogP contribution in [-0.2, 0) is 0 Å².